The van der Waals surface area contributed by atoms with E-state index >= 15 is 0 Å². The maximum atomic E-state index is 14.6. The number of nitro benzene ring substituents is 1. The summed E-state index contributed by atoms with van der Waals surface area (Å²) in [6.45, 7) is 6.82. The Balaban J connectivity index is 1.34. The molecule has 44 heavy (non-hydrogen) atoms. The first-order valence-electron chi connectivity index (χ1n) is 14.8. The normalized spacial score (nSPS) is 24.7. The molecule has 1 aromatic heterocycles. The van der Waals surface area contributed by atoms with Crippen molar-refractivity contribution in [2.45, 2.75) is 69.6 Å². The molecule has 4 heterocycles. The average molecular weight is 621 g/mol. The van der Waals surface area contributed by atoms with E-state index in [9.17, 15) is 29.6 Å². The average Bonchev–Trinajstić information content (AvgIpc) is 3.62. The first-order valence-corrected chi connectivity index (χ1v) is 17.9. The topological polar surface area (TPSA) is 164 Å². The number of nitro groups is 1. The molecule has 1 spiro atoms. The molecule has 3 aliphatic heterocycles. The van der Waals surface area contributed by atoms with Gasteiger partial charge in [0.15, 0.2) is 13.9 Å². The summed E-state index contributed by atoms with van der Waals surface area (Å²) in [5, 5.41) is 29.3. The van der Waals surface area contributed by atoms with Crippen LogP contribution in [0.1, 0.15) is 36.6 Å². The van der Waals surface area contributed by atoms with Gasteiger partial charge in [0.25, 0.3) is 11.6 Å². The molecule has 13 nitrogen and oxygen atoms in total. The first kappa shape index (κ1) is 30.1. The van der Waals surface area contributed by atoms with Crippen LogP contribution in [0.4, 0.5) is 17.1 Å². The van der Waals surface area contributed by atoms with Crippen molar-refractivity contribution in [3.8, 4) is 0 Å². The highest BCUT2D eigenvalue weighted by Gasteiger charge is 2.66. The van der Waals surface area contributed by atoms with Gasteiger partial charge in [-0.15, -0.1) is 5.10 Å². The number of amides is 2. The van der Waals surface area contributed by atoms with Gasteiger partial charge in [-0.25, -0.2) is 0 Å². The number of nitrogens with zero attached hydrogens (tertiary/aromatic N) is 6. The quantitative estimate of drug-likeness (QED) is 0.150. The zero-order chi connectivity index (χ0) is 31.4. The monoisotopic (exact) mass is 620 g/mol. The molecular formula is C30H36N6O7Si. The number of benzene rings is 2. The second-order valence-corrected chi connectivity index (χ2v) is 16.4. The lowest BCUT2D eigenvalue weighted by atomic mass is 9.82. The van der Waals surface area contributed by atoms with Gasteiger partial charge in [0.2, 0.25) is 5.91 Å². The summed E-state index contributed by atoms with van der Waals surface area (Å²) in [6.07, 6.45) is 2.59. The lowest BCUT2D eigenvalue weighted by Crippen LogP contribution is -2.46. The number of ether oxygens (including phenoxy) is 1. The van der Waals surface area contributed by atoms with E-state index in [1.54, 1.807) is 26.7 Å². The minimum Gasteiger partial charge on any atom is -0.432 e. The van der Waals surface area contributed by atoms with E-state index in [0.717, 1.165) is 11.3 Å². The molecule has 0 radical (unpaired) electrons. The number of fused-ring (bicyclic) bond motifs is 2. The summed E-state index contributed by atoms with van der Waals surface area (Å²) in [5.74, 6) is -0.719. The van der Waals surface area contributed by atoms with Gasteiger partial charge in [-0.2, -0.15) is 0 Å². The molecular weight excluding hydrogens is 584 g/mol. The summed E-state index contributed by atoms with van der Waals surface area (Å²) >= 11 is 0. The highest BCUT2D eigenvalue weighted by molar-refractivity contribution is 6.71. The Morgan fingerprint density at radius 2 is 1.93 bits per heavy atom. The van der Waals surface area contributed by atoms with Crippen molar-refractivity contribution in [2.75, 3.05) is 23.0 Å². The van der Waals surface area contributed by atoms with Crippen LogP contribution in [0.5, 0.6) is 0 Å². The third-order valence-corrected chi connectivity index (χ3v) is 11.7. The molecule has 232 valence electrons. The highest BCUT2D eigenvalue weighted by atomic mass is 28.4. The fourth-order valence-corrected chi connectivity index (χ4v) is 9.70. The van der Waals surface area contributed by atoms with Crippen LogP contribution in [0.3, 0.4) is 0 Å². The summed E-state index contributed by atoms with van der Waals surface area (Å²) in [6, 6.07) is 11.9. The molecule has 2 saturated heterocycles. The van der Waals surface area contributed by atoms with Gasteiger partial charge < -0.3 is 24.4 Å². The summed E-state index contributed by atoms with van der Waals surface area (Å²) < 4.78 is 8.44. The Morgan fingerprint density at radius 3 is 2.55 bits per heavy atom. The maximum Gasteiger partial charge on any atom is 0.269 e. The number of anilines is 2. The second-order valence-electron chi connectivity index (χ2n) is 12.4. The molecule has 3 aromatic rings. The van der Waals surface area contributed by atoms with E-state index in [1.807, 2.05) is 44.3 Å². The van der Waals surface area contributed by atoms with E-state index in [-0.39, 0.29) is 36.2 Å². The summed E-state index contributed by atoms with van der Waals surface area (Å²) in [7, 11) is -2.93. The van der Waals surface area contributed by atoms with Crippen LogP contribution in [-0.4, -0.2) is 69.2 Å². The molecule has 0 saturated carbocycles. The number of carbonyl (C=O) groups excluding carboxylic acids is 2. The van der Waals surface area contributed by atoms with Crippen molar-refractivity contribution < 1.29 is 29.2 Å². The number of aliphatic hydroxyl groups excluding tert-OH is 1. The third kappa shape index (κ3) is 5.01. The van der Waals surface area contributed by atoms with Crippen LogP contribution in [0.15, 0.2) is 48.7 Å². The fraction of sp³-hybridized carbons (Fsp3) is 0.467. The SMILES string of the molecule is C[C@H]1[C@H]([Si](C)(C)O)[C@@H](CCn2cc(CCO)nn2)O[C@]12C(=O)N(Cc1ccc(N3CCC3=O)cc1)c1ccc([N+](=O)[O-])cc12. The molecule has 3 aliphatic rings. The van der Waals surface area contributed by atoms with Crippen LogP contribution < -0.4 is 9.80 Å². The van der Waals surface area contributed by atoms with Gasteiger partial charge in [-0.3, -0.25) is 24.4 Å². The third-order valence-electron chi connectivity index (χ3n) is 9.21. The summed E-state index contributed by atoms with van der Waals surface area (Å²) in [5.41, 5.74) is 1.25. The molecule has 14 heteroatoms. The minimum atomic E-state index is -2.93. The molecule has 2 N–H and O–H groups in total. The molecule has 6 rings (SSSR count). The number of hydrogen-bond acceptors (Lipinski definition) is 9. The van der Waals surface area contributed by atoms with Crippen LogP contribution in [0.25, 0.3) is 0 Å². The van der Waals surface area contributed by atoms with Crippen molar-refractivity contribution in [1.29, 1.82) is 0 Å². The molecule has 4 atom stereocenters. The Hall–Kier alpha value is -3.98. The summed E-state index contributed by atoms with van der Waals surface area (Å²) in [4.78, 5) is 52.7. The predicted molar refractivity (Wildman–Crippen MR) is 162 cm³/mol. The van der Waals surface area contributed by atoms with Crippen LogP contribution in [0.2, 0.25) is 18.6 Å². The largest absolute Gasteiger partial charge is 0.432 e. The zero-order valence-electron chi connectivity index (χ0n) is 24.9. The Kier molecular flexibility index (Phi) is 7.64. The number of non-ortho nitro benzene ring substituents is 1. The van der Waals surface area contributed by atoms with E-state index < -0.39 is 30.9 Å². The van der Waals surface area contributed by atoms with Gasteiger partial charge in [0.1, 0.15) is 0 Å². The Bertz CT molecular complexity index is 1610. The van der Waals surface area contributed by atoms with Gasteiger partial charge in [0, 0.05) is 73.6 Å². The molecule has 0 unspecified atom stereocenters. The Labute approximate surface area is 255 Å². The number of hydrogen-bond donors (Lipinski definition) is 2. The second kappa shape index (κ2) is 11.2. The van der Waals surface area contributed by atoms with E-state index in [2.05, 4.69) is 10.3 Å². The number of β-lactam (4-membered cyclic amide) rings is 1. The number of rotatable bonds is 10. The van der Waals surface area contributed by atoms with E-state index in [4.69, 9.17) is 4.74 Å². The predicted octanol–water partition coefficient (Wildman–Crippen LogP) is 2.89. The smallest absolute Gasteiger partial charge is 0.269 e. The number of aromatic nitrogens is 3. The van der Waals surface area contributed by atoms with Gasteiger partial charge >= 0.3 is 0 Å². The first-order chi connectivity index (χ1) is 20.9. The number of carbonyl (C=O) groups is 2. The number of aryl methyl sites for hydroxylation is 1. The molecule has 0 bridgehead atoms. The van der Waals surface area contributed by atoms with Crippen molar-refractivity contribution in [3.63, 3.8) is 0 Å². The highest BCUT2D eigenvalue weighted by Crippen LogP contribution is 2.60. The number of aliphatic hydroxyl groups is 1. The van der Waals surface area contributed by atoms with Gasteiger partial charge in [-0.1, -0.05) is 24.3 Å². The Morgan fingerprint density at radius 1 is 1.18 bits per heavy atom. The van der Waals surface area contributed by atoms with Gasteiger partial charge in [0.05, 0.1) is 29.0 Å². The zero-order valence-corrected chi connectivity index (χ0v) is 25.9. The minimum absolute atomic E-state index is 0.0384. The lowest BCUT2D eigenvalue weighted by molar-refractivity contribution is -0.385. The van der Waals surface area contributed by atoms with E-state index in [0.29, 0.717) is 49.3 Å². The van der Waals surface area contributed by atoms with Crippen molar-refractivity contribution in [1.82, 2.24) is 15.0 Å². The maximum absolute atomic E-state index is 14.6. The fourth-order valence-electron chi connectivity index (χ4n) is 7.09. The molecule has 0 aliphatic carbocycles. The van der Waals surface area contributed by atoms with Crippen molar-refractivity contribution in [2.24, 2.45) is 5.92 Å². The molecule has 2 aromatic carbocycles. The van der Waals surface area contributed by atoms with E-state index in [1.165, 1.54) is 12.1 Å². The van der Waals surface area contributed by atoms with Crippen molar-refractivity contribution >= 4 is 37.2 Å². The van der Waals surface area contributed by atoms with Crippen LogP contribution in [-0.2, 0) is 39.4 Å². The molecule has 2 amide bonds. The van der Waals surface area contributed by atoms with Gasteiger partial charge in [-0.05, 0) is 43.3 Å². The molecule has 2 fully saturated rings. The van der Waals surface area contributed by atoms with Crippen LogP contribution >= 0.6 is 0 Å². The lowest BCUT2D eigenvalue weighted by Gasteiger charge is -2.32. The van der Waals surface area contributed by atoms with Crippen LogP contribution in [0, 0.1) is 16.0 Å². The van der Waals surface area contributed by atoms with Crippen molar-refractivity contribution in [3.05, 3.63) is 75.6 Å². The standard InChI is InChI=1S/C30H36N6O7Si/c1-19-28(44(2,3)42)26(10-13-33-18-21(12-15-37)31-32-33)43-30(19)24-16-23(36(40)41)8-9-25(24)35(29(30)39)17-20-4-6-22(7-5-20)34-14-11-27(34)38/h4-9,16,18-19,26,28,37,42H,10-15,17H2,1-3H3/t19-,26+,28-,30+/m0/s1.